The van der Waals surface area contributed by atoms with Crippen LogP contribution in [0.1, 0.15) is 73.9 Å². The van der Waals surface area contributed by atoms with Crippen molar-refractivity contribution >= 4 is 64.6 Å². The third kappa shape index (κ3) is 5.88. The minimum atomic E-state index is -1.86. The maximum atomic E-state index is 2.69. The van der Waals surface area contributed by atoms with Gasteiger partial charge in [0.05, 0.1) is 19.3 Å². The van der Waals surface area contributed by atoms with E-state index in [4.69, 9.17) is 0 Å². The normalized spacial score (nSPS) is 20.2. The topological polar surface area (TPSA) is 6.48 Å². The van der Waals surface area contributed by atoms with Gasteiger partial charge in [-0.3, -0.25) is 0 Å². The molecule has 62 heavy (non-hydrogen) atoms. The van der Waals surface area contributed by atoms with E-state index in [1.807, 2.05) is 0 Å². The van der Waals surface area contributed by atoms with Crippen molar-refractivity contribution in [3.63, 3.8) is 0 Å². The summed E-state index contributed by atoms with van der Waals surface area (Å²) in [4.78, 5) is 5.19. The van der Waals surface area contributed by atoms with Crippen LogP contribution in [-0.4, -0.2) is 13.6 Å². The summed E-state index contributed by atoms with van der Waals surface area (Å²) >= 11 is 0. The Morgan fingerprint density at radius 2 is 1.26 bits per heavy atom. The molecule has 2 nitrogen and oxygen atoms in total. The molecule has 0 fully saturated rings. The van der Waals surface area contributed by atoms with Crippen molar-refractivity contribution in [1.82, 2.24) is 0 Å². The van der Waals surface area contributed by atoms with Gasteiger partial charge >= 0.3 is 0 Å². The number of aryl methyl sites for hydroxylation is 2. The summed E-state index contributed by atoms with van der Waals surface area (Å²) in [6.45, 7) is 14.8. The minimum absolute atomic E-state index is 0.145. The van der Waals surface area contributed by atoms with Crippen molar-refractivity contribution in [2.45, 2.75) is 83.0 Å². The Kier molecular flexibility index (Phi) is 9.04. The van der Waals surface area contributed by atoms with Crippen LogP contribution in [0.3, 0.4) is 0 Å². The summed E-state index contributed by atoms with van der Waals surface area (Å²) in [5.41, 5.74) is 18.8. The number of anilines is 5. The molecule has 0 saturated carbocycles. The molecule has 3 heteroatoms. The van der Waals surface area contributed by atoms with Crippen LogP contribution in [0.2, 0.25) is 18.6 Å². The Balaban J connectivity index is 0.947. The van der Waals surface area contributed by atoms with E-state index in [-0.39, 0.29) is 11.0 Å². The van der Waals surface area contributed by atoms with Gasteiger partial charge in [-0.2, -0.15) is 0 Å². The fraction of sp³-hybridized carbons (Fsp3) is 0.220. The van der Waals surface area contributed by atoms with Crippen LogP contribution in [-0.2, 0) is 18.3 Å². The Hall–Kier alpha value is -6.16. The maximum absolute atomic E-state index is 2.69. The first kappa shape index (κ1) is 38.7. The number of fused-ring (bicyclic) bond motifs is 8. The Bertz CT molecular complexity index is 2990. The summed E-state index contributed by atoms with van der Waals surface area (Å²) in [6, 6.07) is 55.2. The Labute approximate surface area is 369 Å². The van der Waals surface area contributed by atoms with Crippen LogP contribution in [0.4, 0.5) is 28.4 Å². The van der Waals surface area contributed by atoms with E-state index in [1.54, 1.807) is 5.19 Å². The summed E-state index contributed by atoms with van der Waals surface area (Å²) in [7, 11) is -1.86. The van der Waals surface area contributed by atoms with Crippen LogP contribution in [0.15, 0.2) is 169 Å². The molecule has 306 valence electrons. The monoisotopic (exact) mass is 820 g/mol. The lowest BCUT2D eigenvalue weighted by Gasteiger charge is -2.57. The van der Waals surface area contributed by atoms with E-state index < -0.39 is 8.07 Å². The smallest absolute Gasteiger partial charge is 0.0930 e. The van der Waals surface area contributed by atoms with Gasteiger partial charge in [-0.15, -0.1) is 0 Å². The molecule has 2 aliphatic heterocycles. The summed E-state index contributed by atoms with van der Waals surface area (Å²) in [5, 5.41) is 4.07. The van der Waals surface area contributed by atoms with Crippen LogP contribution < -0.4 is 15.0 Å². The average molecular weight is 821 g/mol. The number of hydrogen-bond donors (Lipinski definition) is 0. The van der Waals surface area contributed by atoms with Crippen LogP contribution in [0, 0.1) is 0 Å². The van der Waals surface area contributed by atoms with Crippen molar-refractivity contribution in [3.8, 4) is 11.1 Å². The largest absolute Gasteiger partial charge is 0.332 e. The second-order valence-corrected chi connectivity index (χ2v) is 24.0. The van der Waals surface area contributed by atoms with Crippen LogP contribution >= 0.6 is 0 Å². The van der Waals surface area contributed by atoms with E-state index in [0.717, 1.165) is 19.3 Å². The molecule has 0 amide bonds. The molecule has 0 bridgehead atoms. The fourth-order valence-corrected chi connectivity index (χ4v) is 15.9. The molecule has 0 N–H and O–H groups in total. The van der Waals surface area contributed by atoms with Crippen molar-refractivity contribution < 1.29 is 0 Å². The van der Waals surface area contributed by atoms with Crippen LogP contribution in [0.25, 0.3) is 34.1 Å². The highest BCUT2D eigenvalue weighted by atomic mass is 28.3. The Morgan fingerprint density at radius 1 is 0.629 bits per heavy atom. The molecule has 0 spiro atoms. The number of rotatable bonds is 6. The predicted octanol–water partition coefficient (Wildman–Crippen LogP) is 15.4. The summed E-state index contributed by atoms with van der Waals surface area (Å²) in [6.07, 6.45) is 16.7. The molecule has 7 aromatic carbocycles. The van der Waals surface area contributed by atoms with E-state index in [2.05, 4.69) is 227 Å². The third-order valence-electron chi connectivity index (χ3n) is 15.0. The molecule has 4 aliphatic rings. The molecule has 2 aliphatic carbocycles. The zero-order chi connectivity index (χ0) is 42.4. The predicted molar refractivity (Wildman–Crippen MR) is 269 cm³/mol. The molecule has 0 radical (unpaired) electrons. The second-order valence-electron chi connectivity index (χ2n) is 19.4. The lowest BCUT2D eigenvalue weighted by atomic mass is 9.81. The fourth-order valence-electron chi connectivity index (χ4n) is 11.9. The van der Waals surface area contributed by atoms with Gasteiger partial charge in [0.15, 0.2) is 0 Å². The van der Waals surface area contributed by atoms with Crippen molar-refractivity contribution in [3.05, 3.63) is 203 Å². The first-order valence-electron chi connectivity index (χ1n) is 22.8. The third-order valence-corrected chi connectivity index (χ3v) is 19.1. The van der Waals surface area contributed by atoms with E-state index >= 15 is 0 Å². The number of benzene rings is 7. The zero-order valence-electron chi connectivity index (χ0n) is 37.0. The van der Waals surface area contributed by atoms with Gasteiger partial charge in [0.1, 0.15) is 0 Å². The molecular formula is C59H56N2Si. The quantitative estimate of drug-likeness (QED) is 0.122. The van der Waals surface area contributed by atoms with E-state index in [9.17, 15) is 0 Å². The van der Waals surface area contributed by atoms with E-state index in [0.29, 0.717) is 5.54 Å². The van der Waals surface area contributed by atoms with Crippen LogP contribution in [0.5, 0.6) is 0 Å². The van der Waals surface area contributed by atoms with Gasteiger partial charge in [-0.1, -0.05) is 185 Å². The number of para-hydroxylation sites is 3. The summed E-state index contributed by atoms with van der Waals surface area (Å²) < 4.78 is 0. The van der Waals surface area contributed by atoms with Gasteiger partial charge in [0.25, 0.3) is 0 Å². The first-order valence-corrected chi connectivity index (χ1v) is 25.9. The second kappa shape index (κ2) is 14.5. The van der Waals surface area contributed by atoms with Crippen molar-refractivity contribution in [2.75, 3.05) is 9.80 Å². The lowest BCUT2D eigenvalue weighted by molar-refractivity contribution is 0.547. The molecular weight excluding hydrogens is 765 g/mol. The highest BCUT2D eigenvalue weighted by Gasteiger charge is 2.53. The highest BCUT2D eigenvalue weighted by molar-refractivity contribution is 6.93. The summed E-state index contributed by atoms with van der Waals surface area (Å²) in [5.74, 6) is 0. The number of hydrogen-bond acceptors (Lipinski definition) is 2. The molecule has 2 atom stereocenters. The maximum Gasteiger partial charge on any atom is 0.0930 e. The van der Waals surface area contributed by atoms with Gasteiger partial charge in [0.2, 0.25) is 0 Å². The van der Waals surface area contributed by atoms with Gasteiger partial charge < -0.3 is 9.80 Å². The zero-order valence-corrected chi connectivity index (χ0v) is 38.0. The molecule has 7 aromatic rings. The molecule has 11 rings (SSSR count). The van der Waals surface area contributed by atoms with E-state index in [1.165, 1.54) is 95.7 Å². The van der Waals surface area contributed by atoms with Crippen molar-refractivity contribution in [2.24, 2.45) is 0 Å². The van der Waals surface area contributed by atoms with Gasteiger partial charge in [-0.25, -0.2) is 0 Å². The van der Waals surface area contributed by atoms with Gasteiger partial charge in [-0.05, 0) is 118 Å². The molecule has 2 unspecified atom stereocenters. The molecule has 0 saturated heterocycles. The van der Waals surface area contributed by atoms with Gasteiger partial charge in [0, 0.05) is 39.1 Å². The first-order chi connectivity index (χ1) is 30.1. The minimum Gasteiger partial charge on any atom is -0.332 e. The lowest BCUT2D eigenvalue weighted by Crippen LogP contribution is -2.64. The SMILES string of the molecule is CCCC1=CC2C(C)(C=C1)N(c1ccc3c(c1)C(C)(C)c1cc(C=Cc4cccc5c(N6c7ccccc7CCc7ccccc76)cccc45)ccc1-3)c1ccccc1[Si]2(C)C. The average Bonchev–Trinajstić information content (AvgIpc) is 3.39. The number of nitrogens with zero attached hydrogens (tertiary/aromatic N) is 2. The van der Waals surface area contributed by atoms with Crippen molar-refractivity contribution in [1.29, 1.82) is 0 Å². The number of allylic oxidation sites excluding steroid dienone is 2. The molecule has 2 heterocycles. The highest BCUT2D eigenvalue weighted by Crippen LogP contribution is 2.55. The Morgan fingerprint density at radius 3 is 2.00 bits per heavy atom. The standard InChI is InChI=1S/C59H56N2Si/c1-7-16-40-35-36-59(4)57(38-40)62(5,6)56-26-13-12-24-55(56)61(59)45-32-34-48-47-33-28-41(37-50(47)58(2,3)51(48)39-45)27-29-42-19-14-21-49-46(42)20-15-25-54(49)60-52-22-10-8-17-43(52)30-31-44-18-9-11-23-53(44)60/h8-15,17-29,32-39,57H,7,16,30-31H2,1-6H3. The molecule has 0 aromatic heterocycles.